The summed E-state index contributed by atoms with van der Waals surface area (Å²) in [7, 11) is -5.58. The molecule has 148 heavy (non-hydrogen) atoms. The van der Waals surface area contributed by atoms with Gasteiger partial charge in [0, 0.05) is 66.8 Å². The van der Waals surface area contributed by atoms with Crippen molar-refractivity contribution in [2.75, 3.05) is 0 Å². The van der Waals surface area contributed by atoms with Crippen LogP contribution in [0.4, 0.5) is 34.1 Å². The molecule has 0 spiro atoms. The molecule has 0 aliphatic rings. The second kappa shape index (κ2) is 45.3. The predicted molar refractivity (Wildman–Crippen MR) is 599 cm³/mol. The summed E-state index contributed by atoms with van der Waals surface area (Å²) in [6, 6.07) is 161. The van der Waals surface area contributed by atoms with Crippen molar-refractivity contribution < 1.29 is 0 Å². The molecule has 18 nitrogen and oxygen atoms in total. The lowest BCUT2D eigenvalue weighted by molar-refractivity contribution is 1.07. The third kappa shape index (κ3) is 20.9. The van der Waals surface area contributed by atoms with Gasteiger partial charge in [-0.15, -0.1) is 0 Å². The van der Waals surface area contributed by atoms with E-state index in [4.69, 9.17) is 89.3 Å². The van der Waals surface area contributed by atoms with E-state index in [1.54, 1.807) is 54.6 Å². The highest BCUT2D eigenvalue weighted by atomic mass is 28.3. The number of benzene rings is 18. The Morgan fingerprint density at radius 3 is 0.615 bits per heavy atom. The second-order valence-corrected chi connectivity index (χ2v) is 41.9. The van der Waals surface area contributed by atoms with Gasteiger partial charge in [0.2, 0.25) is 0 Å². The van der Waals surface area contributed by atoms with Crippen molar-refractivity contribution in [1.82, 2.24) is 59.8 Å². The number of hydrogen-bond donors (Lipinski definition) is 0. The molecule has 22 aromatic rings. The molecule has 0 fully saturated rings. The number of nitrogens with zero attached hydrogens (tertiary/aromatic N) is 18. The Morgan fingerprint density at radius 2 is 0.345 bits per heavy atom. The van der Waals surface area contributed by atoms with E-state index in [1.165, 1.54) is 41.5 Å². The maximum absolute atomic E-state index is 7.79. The minimum Gasteiger partial charge on any atom is -0.238 e. The summed E-state index contributed by atoms with van der Waals surface area (Å²) in [6.07, 6.45) is 0. The van der Waals surface area contributed by atoms with Crippen LogP contribution in [0.15, 0.2) is 485 Å². The van der Waals surface area contributed by atoms with E-state index in [0.29, 0.717) is 121 Å². The van der Waals surface area contributed by atoms with Crippen molar-refractivity contribution in [1.29, 1.82) is 0 Å². The van der Waals surface area contributed by atoms with Crippen LogP contribution in [0.3, 0.4) is 0 Å². The maximum Gasteiger partial charge on any atom is 0.198 e. The van der Waals surface area contributed by atoms with Gasteiger partial charge < -0.3 is 0 Å². The highest BCUT2D eigenvalue weighted by Crippen LogP contribution is 2.38. The average molecular weight is 1930 g/mol. The predicted octanol–water partition coefficient (Wildman–Crippen LogP) is 26.2. The highest BCUT2D eigenvalue weighted by Gasteiger charge is 2.43. The van der Waals surface area contributed by atoms with Crippen LogP contribution in [0.25, 0.3) is 166 Å². The summed E-state index contributed by atoms with van der Waals surface area (Å²) in [5, 5.41) is 10.0. The van der Waals surface area contributed by atoms with Crippen molar-refractivity contribution in [3.63, 3.8) is 0 Å². The molecular weight excluding hydrogens is 1850 g/mol. The molecule has 0 saturated carbocycles. The van der Waals surface area contributed by atoms with Gasteiger partial charge in [0.15, 0.2) is 120 Å². The highest BCUT2D eigenvalue weighted by molar-refractivity contribution is 7.20. The molecule has 0 saturated heterocycles. The number of aryl methyl sites for hydroxylation is 2. The molecule has 4 aromatic heterocycles. The average Bonchev–Trinajstić information content (AvgIpc) is 0.732. The van der Waals surface area contributed by atoms with Gasteiger partial charge >= 0.3 is 0 Å². The zero-order valence-electron chi connectivity index (χ0n) is 80.2. The van der Waals surface area contributed by atoms with Crippen LogP contribution in [0.5, 0.6) is 0 Å². The first-order valence-electron chi connectivity index (χ1n) is 47.6. The summed E-state index contributed by atoms with van der Waals surface area (Å²) in [5.41, 5.74) is 15.0. The smallest absolute Gasteiger partial charge is 0.198 e. The van der Waals surface area contributed by atoms with Gasteiger partial charge in [-0.05, 0) is 78.6 Å². The Morgan fingerprint density at radius 1 is 0.149 bits per heavy atom. The van der Waals surface area contributed by atoms with Crippen LogP contribution in [0.2, 0.25) is 0 Å². The summed E-state index contributed by atoms with van der Waals surface area (Å²) in [5.74, 6) is 6.29. The van der Waals surface area contributed by atoms with Gasteiger partial charge in [-0.25, -0.2) is 88.9 Å². The van der Waals surface area contributed by atoms with Crippen LogP contribution < -0.4 is 41.5 Å². The fraction of sp³-hybridized carbons (Fsp3) is 0.0156. The molecule has 0 amide bonds. The van der Waals surface area contributed by atoms with Gasteiger partial charge in [-0.1, -0.05) is 473 Å². The zero-order chi connectivity index (χ0) is 101. The molecule has 4 heterocycles. The molecule has 0 atom stereocenters. The number of aromatic nitrogens is 12. The summed E-state index contributed by atoms with van der Waals surface area (Å²) in [6.45, 7) is 49.3. The summed E-state index contributed by atoms with van der Waals surface area (Å²) < 4.78 is 0. The van der Waals surface area contributed by atoms with Crippen LogP contribution >= 0.6 is 0 Å². The van der Waals surface area contributed by atoms with E-state index in [9.17, 15) is 0 Å². The van der Waals surface area contributed by atoms with Crippen LogP contribution in [-0.4, -0.2) is 76.0 Å². The Hall–Kier alpha value is -20.6. The van der Waals surface area contributed by atoms with Gasteiger partial charge in [0.25, 0.3) is 0 Å². The lowest BCUT2D eigenvalue weighted by Crippen LogP contribution is -2.74. The molecule has 20 heteroatoms. The molecule has 0 unspecified atom stereocenters. The molecule has 0 aliphatic heterocycles. The molecule has 0 radical (unpaired) electrons. The fourth-order valence-corrected chi connectivity index (χ4v) is 27.7. The van der Waals surface area contributed by atoms with E-state index in [-0.39, 0.29) is 0 Å². The number of rotatable bonds is 20. The number of para-hydroxylation sites is 3. The molecule has 18 aromatic carbocycles. The molecule has 22 rings (SSSR count). The van der Waals surface area contributed by atoms with Crippen molar-refractivity contribution in [3.05, 3.63) is 565 Å². The van der Waals surface area contributed by atoms with Crippen molar-refractivity contribution in [2.45, 2.75) is 13.8 Å². The third-order valence-corrected chi connectivity index (χ3v) is 34.8. The second-order valence-electron chi connectivity index (χ2n) is 34.3. The first-order chi connectivity index (χ1) is 72.9. The quantitative estimate of drug-likeness (QED) is 0.0401. The first-order valence-corrected chi connectivity index (χ1v) is 51.6. The zero-order valence-corrected chi connectivity index (χ0v) is 82.2. The Balaban J connectivity index is 0.000000128. The molecule has 0 N–H and O–H groups in total. The van der Waals surface area contributed by atoms with Crippen LogP contribution in [-0.2, 0) is 0 Å². The fourth-order valence-electron chi connectivity index (χ4n) is 18.1. The SMILES string of the molecule is [C-]#[N+]c1ccc(-c2nc(-c3ccccc3)nc(-c3ccccc3C)n2)cc1.[C-]#[N+]c1cccc(-c2nc(-c3cccc([N+]#[C-])c3)nc(-c3cccc([Si](c4ccccc4)(c4ccccc4)c4ccccc4)c3)n2)c1.[C-]#[N+]c1ccccc1-c1nc(-c2cccc([Si](c3ccccc3)(c3ccccc3)c3ccccc3)c2)nc(-c2ccccc2[N+]#[C-])n1.[C-]#[N+]c1ccccc1-c1nc(-c2ccccc2)nc(-c2ccccc2C)n1. The van der Waals surface area contributed by atoms with E-state index < -0.39 is 16.1 Å². The lowest BCUT2D eigenvalue weighted by Gasteiger charge is -2.34. The van der Waals surface area contributed by atoms with E-state index in [0.717, 1.165) is 61.2 Å². The van der Waals surface area contributed by atoms with Gasteiger partial charge in [0.05, 0.1) is 39.4 Å². The normalized spacial score (nSPS) is 10.7. The molecular formula is C128H86N18Si2. The Labute approximate surface area is 861 Å². The van der Waals surface area contributed by atoms with Gasteiger partial charge in [-0.2, -0.15) is 0 Å². The van der Waals surface area contributed by atoms with E-state index >= 15 is 0 Å². The van der Waals surface area contributed by atoms with Crippen molar-refractivity contribution in [2.24, 2.45) is 0 Å². The van der Waals surface area contributed by atoms with Gasteiger partial charge in [0.1, 0.15) is 0 Å². The largest absolute Gasteiger partial charge is 0.238 e. The lowest BCUT2D eigenvalue weighted by atomic mass is 10.1. The minimum atomic E-state index is -2.80. The van der Waals surface area contributed by atoms with Crippen LogP contribution in [0, 0.1) is 53.3 Å². The first kappa shape index (κ1) is 96.3. The molecule has 0 bridgehead atoms. The van der Waals surface area contributed by atoms with E-state index in [2.05, 4.69) is 257 Å². The van der Waals surface area contributed by atoms with Crippen LogP contribution in [0.1, 0.15) is 11.1 Å². The molecule has 0 aliphatic carbocycles. The summed E-state index contributed by atoms with van der Waals surface area (Å²) in [4.78, 5) is 79.6. The maximum atomic E-state index is 7.79. The standard InChI is InChI=1S/2C41H27N5Si.2C23H16N4/c1-42-33-18-12-15-30(27-33)39-44-40(31-16-13-19-34(28-31)43-2)46-41(45-39)32-17-14-26-38(29-32)47(35-20-6-3-7-21-35,36-22-8-4-9-23-36)37-24-10-5-11-25-37;1-42-37-27-14-12-25-35(37)40-44-39(45-41(46-40)36-26-13-15-28-38(36)43-2)30-17-16-24-34(29-30)47(31-18-6-3-7-19-31,32-20-8-4-9-21-32)33-22-10-5-11-23-33;1-16-10-6-7-13-18(16)22-25-21(17-11-4-3-5-12-17)26-23(27-22)19-14-8-9-15-20(19)24-2;1-16-8-6-7-11-20(16)23-26-21(17-9-4-3-5-10-17)25-22(27-23)18-12-14-19(24-2)15-13-18/h2*3-29H;2*3-15H,1H3. The van der Waals surface area contributed by atoms with Crippen molar-refractivity contribution >= 4 is 91.8 Å². The topological polar surface area (TPSA) is 181 Å². The molecule has 696 valence electrons. The Bertz CT molecular complexity index is 8480. The van der Waals surface area contributed by atoms with E-state index in [1.807, 2.05) is 226 Å². The number of hydrogen-bond acceptors (Lipinski definition) is 12. The monoisotopic (exact) mass is 1930 g/mol. The third-order valence-electron chi connectivity index (χ3n) is 25.2. The van der Waals surface area contributed by atoms with Crippen molar-refractivity contribution in [3.8, 4) is 137 Å². The van der Waals surface area contributed by atoms with Gasteiger partial charge in [-0.3, -0.25) is 0 Å². The minimum absolute atomic E-state index is 0.388. The summed E-state index contributed by atoms with van der Waals surface area (Å²) >= 11 is 0. The Kier molecular flexibility index (Phi) is 29.5.